The van der Waals surface area contributed by atoms with Crippen LogP contribution in [0, 0.1) is 5.92 Å². The summed E-state index contributed by atoms with van der Waals surface area (Å²) in [6.07, 6.45) is 9.95. The molecule has 1 saturated carbocycles. The fourth-order valence-corrected chi connectivity index (χ4v) is 4.18. The van der Waals surface area contributed by atoms with Crippen LogP contribution in [0.4, 0.5) is 0 Å². The second-order valence-electron chi connectivity index (χ2n) is 8.69. The van der Waals surface area contributed by atoms with Gasteiger partial charge in [0.15, 0.2) is 19.7 Å². The highest BCUT2D eigenvalue weighted by molar-refractivity contribution is 7.90. The number of aliphatic hydroxyl groups excluding tert-OH is 1. The average molecular weight is 520 g/mol. The summed E-state index contributed by atoms with van der Waals surface area (Å²) >= 11 is 0. The summed E-state index contributed by atoms with van der Waals surface area (Å²) in [5.41, 5.74) is 0.492. The highest BCUT2D eigenvalue weighted by atomic mass is 32.2. The molecule has 1 aliphatic heterocycles. The van der Waals surface area contributed by atoms with Crippen LogP contribution in [-0.2, 0) is 38.7 Å². The highest BCUT2D eigenvalue weighted by Gasteiger charge is 2.34. The minimum Gasteiger partial charge on any atom is -0.461 e. The van der Waals surface area contributed by atoms with Crippen LogP contribution >= 0.6 is 0 Å². The van der Waals surface area contributed by atoms with E-state index in [0.29, 0.717) is 18.8 Å². The topological polar surface area (TPSA) is 144 Å². The Morgan fingerprint density at radius 2 is 1.53 bits per heavy atom. The van der Waals surface area contributed by atoms with Gasteiger partial charge in [0.2, 0.25) is 0 Å². The SMILES string of the molecule is CN1C=C(C(=O)OCCS(C)(=O)=O)C(C(=O)OCCS(C)(=O)=O)=CC(CCCO)=CC1C1CC1. The quantitative estimate of drug-likeness (QED) is 0.360. The summed E-state index contributed by atoms with van der Waals surface area (Å²) in [6, 6.07) is -0.0356. The molecule has 1 unspecified atom stereocenters. The molecule has 1 atom stereocenters. The van der Waals surface area contributed by atoms with Crippen molar-refractivity contribution in [3.8, 4) is 0 Å². The van der Waals surface area contributed by atoms with E-state index < -0.39 is 31.6 Å². The zero-order valence-corrected chi connectivity index (χ0v) is 21.4. The average Bonchev–Trinajstić information content (AvgIpc) is 3.53. The summed E-state index contributed by atoms with van der Waals surface area (Å²) in [6.45, 7) is -0.824. The molecule has 0 amide bonds. The van der Waals surface area contributed by atoms with Crippen molar-refractivity contribution in [2.45, 2.75) is 31.7 Å². The van der Waals surface area contributed by atoms with Gasteiger partial charge < -0.3 is 19.5 Å². The molecule has 12 heteroatoms. The lowest BCUT2D eigenvalue weighted by Crippen LogP contribution is -2.31. The molecular weight excluding hydrogens is 486 g/mol. The van der Waals surface area contributed by atoms with Gasteiger partial charge in [0.05, 0.1) is 22.7 Å². The number of aliphatic hydroxyl groups is 1. The summed E-state index contributed by atoms with van der Waals surface area (Å²) < 4.78 is 55.9. The molecule has 0 spiro atoms. The normalized spacial score (nSPS) is 19.4. The lowest BCUT2D eigenvalue weighted by atomic mass is 9.95. The van der Waals surface area contributed by atoms with Crippen LogP contribution in [0.3, 0.4) is 0 Å². The van der Waals surface area contributed by atoms with E-state index in [4.69, 9.17) is 9.47 Å². The van der Waals surface area contributed by atoms with Gasteiger partial charge in [-0.15, -0.1) is 0 Å². The predicted molar refractivity (Wildman–Crippen MR) is 126 cm³/mol. The number of nitrogens with zero attached hydrogens (tertiary/aromatic N) is 1. The Balaban J connectivity index is 2.41. The predicted octanol–water partition coefficient (Wildman–Crippen LogP) is 0.395. The Morgan fingerprint density at radius 3 is 2.00 bits per heavy atom. The maximum atomic E-state index is 12.9. The Hall–Kier alpha value is -2.18. The Morgan fingerprint density at radius 1 is 1.00 bits per heavy atom. The van der Waals surface area contributed by atoms with Gasteiger partial charge in [-0.25, -0.2) is 26.4 Å². The number of hydrogen-bond acceptors (Lipinski definition) is 10. The number of ether oxygens (including phenoxy) is 2. The summed E-state index contributed by atoms with van der Waals surface area (Å²) in [5, 5.41) is 9.29. The van der Waals surface area contributed by atoms with Crippen LogP contribution < -0.4 is 0 Å². The highest BCUT2D eigenvalue weighted by Crippen LogP contribution is 2.38. The van der Waals surface area contributed by atoms with Crippen LogP contribution in [0.1, 0.15) is 25.7 Å². The fraction of sp³-hybridized carbons (Fsp3) is 0.636. The molecule has 2 rings (SSSR count). The molecule has 0 aromatic rings. The first kappa shape index (κ1) is 28.1. The Labute approximate surface area is 201 Å². The van der Waals surface area contributed by atoms with Gasteiger partial charge in [-0.2, -0.15) is 0 Å². The van der Waals surface area contributed by atoms with Gasteiger partial charge in [0.1, 0.15) is 13.2 Å². The molecule has 0 bridgehead atoms. The number of likely N-dealkylation sites (N-methyl/N-ethyl adjacent to an activating group) is 1. The molecule has 1 N–H and O–H groups in total. The Kier molecular flexibility index (Phi) is 9.89. The van der Waals surface area contributed by atoms with Gasteiger partial charge in [0, 0.05) is 38.4 Å². The van der Waals surface area contributed by atoms with Gasteiger partial charge in [-0.05, 0) is 43.3 Å². The number of carbonyl (C=O) groups is 2. The first-order valence-electron chi connectivity index (χ1n) is 11.0. The zero-order valence-electron chi connectivity index (χ0n) is 19.7. The number of esters is 2. The van der Waals surface area contributed by atoms with Crippen molar-refractivity contribution in [2.75, 3.05) is 50.9 Å². The second-order valence-corrected chi connectivity index (χ2v) is 13.2. The number of allylic oxidation sites excluding steroid dienone is 2. The van der Waals surface area contributed by atoms with Crippen molar-refractivity contribution in [1.29, 1.82) is 0 Å². The smallest absolute Gasteiger partial charge is 0.340 e. The van der Waals surface area contributed by atoms with Gasteiger partial charge in [-0.3, -0.25) is 0 Å². The number of hydrogen-bond donors (Lipinski definition) is 1. The van der Waals surface area contributed by atoms with Gasteiger partial charge in [-0.1, -0.05) is 6.08 Å². The summed E-state index contributed by atoms with van der Waals surface area (Å²) in [4.78, 5) is 27.7. The van der Waals surface area contributed by atoms with Crippen LogP contribution in [-0.4, -0.2) is 95.7 Å². The largest absolute Gasteiger partial charge is 0.461 e. The molecule has 0 aromatic heterocycles. The number of sulfone groups is 2. The van der Waals surface area contributed by atoms with Crippen molar-refractivity contribution in [3.63, 3.8) is 0 Å². The summed E-state index contributed by atoms with van der Waals surface area (Å²) in [5.74, 6) is -2.15. The van der Waals surface area contributed by atoms with E-state index >= 15 is 0 Å². The molecule has 0 aromatic carbocycles. The van der Waals surface area contributed by atoms with E-state index in [0.717, 1.165) is 30.9 Å². The van der Waals surface area contributed by atoms with Crippen LogP contribution in [0.2, 0.25) is 0 Å². The lowest BCUT2D eigenvalue weighted by Gasteiger charge is -2.28. The van der Waals surface area contributed by atoms with Crippen LogP contribution in [0.15, 0.2) is 35.1 Å². The minimum atomic E-state index is -3.37. The fourth-order valence-electron chi connectivity index (χ4n) is 3.41. The van der Waals surface area contributed by atoms with Crippen molar-refractivity contribution in [2.24, 2.45) is 5.92 Å². The second kappa shape index (κ2) is 12.0. The molecule has 1 fully saturated rings. The molecule has 0 saturated heterocycles. The zero-order chi connectivity index (χ0) is 25.5. The van der Waals surface area contributed by atoms with Gasteiger partial charge >= 0.3 is 11.9 Å². The maximum Gasteiger partial charge on any atom is 0.340 e. The standard InChI is InChI=1S/C22H33NO9S2/c1-23-15-19(22(26)32-10-12-34(3,29)30)18(21(25)31-9-11-33(2,27)28)13-16(5-4-8-24)14-20(23)17-6-7-17/h13-15,17,20,24H,4-12H2,1-3H3. The maximum absolute atomic E-state index is 12.9. The third-order valence-corrected chi connectivity index (χ3v) is 7.17. The van der Waals surface area contributed by atoms with E-state index in [1.165, 1.54) is 12.3 Å². The van der Waals surface area contributed by atoms with Crippen molar-refractivity contribution in [1.82, 2.24) is 4.90 Å². The van der Waals surface area contributed by atoms with Crippen LogP contribution in [0.5, 0.6) is 0 Å². The van der Waals surface area contributed by atoms with E-state index in [9.17, 15) is 31.5 Å². The monoisotopic (exact) mass is 519 g/mol. The third-order valence-electron chi connectivity index (χ3n) is 5.35. The van der Waals surface area contributed by atoms with Crippen molar-refractivity contribution in [3.05, 3.63) is 35.1 Å². The Bertz CT molecular complexity index is 1070. The van der Waals surface area contributed by atoms with Crippen LogP contribution in [0.25, 0.3) is 0 Å². The van der Waals surface area contributed by atoms with Crippen molar-refractivity contribution >= 4 is 31.6 Å². The van der Waals surface area contributed by atoms with E-state index in [1.807, 2.05) is 6.08 Å². The summed E-state index contributed by atoms with van der Waals surface area (Å²) in [7, 11) is -4.96. The lowest BCUT2D eigenvalue weighted by molar-refractivity contribution is -0.142. The molecule has 1 heterocycles. The molecule has 0 radical (unpaired) electrons. The molecular formula is C22H33NO9S2. The van der Waals surface area contributed by atoms with E-state index in [-0.39, 0.29) is 48.5 Å². The first-order valence-corrected chi connectivity index (χ1v) is 15.1. The van der Waals surface area contributed by atoms with Gasteiger partial charge in [0.25, 0.3) is 0 Å². The first-order chi connectivity index (χ1) is 15.8. The third kappa shape index (κ3) is 9.59. The molecule has 10 nitrogen and oxygen atoms in total. The number of rotatable bonds is 12. The molecule has 192 valence electrons. The molecule has 34 heavy (non-hydrogen) atoms. The molecule has 1 aliphatic carbocycles. The molecule has 2 aliphatic rings. The minimum absolute atomic E-state index is 0.0356. The number of carbonyl (C=O) groups excluding carboxylic acids is 2. The van der Waals surface area contributed by atoms with E-state index in [2.05, 4.69) is 0 Å². The van der Waals surface area contributed by atoms with Crippen molar-refractivity contribution < 1.29 is 41.0 Å². The van der Waals surface area contributed by atoms with E-state index in [1.54, 1.807) is 11.9 Å².